The van der Waals surface area contributed by atoms with Gasteiger partial charge in [0.1, 0.15) is 6.10 Å². The van der Waals surface area contributed by atoms with Crippen molar-refractivity contribution in [1.29, 1.82) is 0 Å². The predicted octanol–water partition coefficient (Wildman–Crippen LogP) is 1.48. The Balaban J connectivity index is 2.22. The fourth-order valence-electron chi connectivity index (χ4n) is 1.40. The van der Waals surface area contributed by atoms with Gasteiger partial charge in [-0.05, 0) is 24.9 Å². The van der Waals surface area contributed by atoms with Crippen LogP contribution in [-0.4, -0.2) is 40.7 Å². The van der Waals surface area contributed by atoms with Crippen molar-refractivity contribution in [2.45, 2.75) is 32.3 Å². The number of hydrogen-bond donors (Lipinski definition) is 2. The molecule has 0 bridgehead atoms. The number of aryl methyl sites for hydroxylation is 1. The Morgan fingerprint density at radius 1 is 1.67 bits per heavy atom. The molecule has 0 saturated carbocycles. The highest BCUT2D eigenvalue weighted by Gasteiger charge is 2.13. The SMILES string of the molecule is CCc1csc(CCNC(=O)[C@@H](O)CCSC)n1. The maximum atomic E-state index is 11.5. The molecule has 0 spiro atoms. The highest BCUT2D eigenvalue weighted by molar-refractivity contribution is 7.98. The Morgan fingerprint density at radius 2 is 2.44 bits per heavy atom. The van der Waals surface area contributed by atoms with E-state index in [1.165, 1.54) is 0 Å². The van der Waals surface area contributed by atoms with Gasteiger partial charge in [-0.15, -0.1) is 11.3 Å². The van der Waals surface area contributed by atoms with Gasteiger partial charge < -0.3 is 10.4 Å². The average Bonchev–Trinajstić information content (AvgIpc) is 2.83. The topological polar surface area (TPSA) is 62.2 Å². The molecule has 1 amide bonds. The van der Waals surface area contributed by atoms with Crippen molar-refractivity contribution >= 4 is 29.0 Å². The summed E-state index contributed by atoms with van der Waals surface area (Å²) >= 11 is 3.24. The molecule has 0 aliphatic rings. The minimum Gasteiger partial charge on any atom is -0.383 e. The fourth-order valence-corrected chi connectivity index (χ4v) is 2.74. The van der Waals surface area contributed by atoms with Gasteiger partial charge in [-0.1, -0.05) is 6.92 Å². The van der Waals surface area contributed by atoms with Crippen molar-refractivity contribution in [2.24, 2.45) is 0 Å². The number of amides is 1. The molecule has 0 aliphatic carbocycles. The average molecular weight is 288 g/mol. The van der Waals surface area contributed by atoms with E-state index in [2.05, 4.69) is 17.2 Å². The Kier molecular flexibility index (Phi) is 7.31. The van der Waals surface area contributed by atoms with Crippen LogP contribution in [-0.2, 0) is 17.6 Å². The molecular weight excluding hydrogens is 268 g/mol. The van der Waals surface area contributed by atoms with Crippen LogP contribution in [0.4, 0.5) is 0 Å². The lowest BCUT2D eigenvalue weighted by molar-refractivity contribution is -0.129. The number of hydrogen-bond acceptors (Lipinski definition) is 5. The maximum Gasteiger partial charge on any atom is 0.248 e. The van der Waals surface area contributed by atoms with Gasteiger partial charge in [0.05, 0.1) is 10.7 Å². The smallest absolute Gasteiger partial charge is 0.248 e. The first-order valence-electron chi connectivity index (χ1n) is 6.05. The second-order valence-corrected chi connectivity index (χ2v) is 5.85. The Morgan fingerprint density at radius 3 is 3.06 bits per heavy atom. The van der Waals surface area contributed by atoms with Crippen molar-refractivity contribution in [1.82, 2.24) is 10.3 Å². The molecule has 6 heteroatoms. The molecule has 4 nitrogen and oxygen atoms in total. The van der Waals surface area contributed by atoms with Crippen LogP contribution in [0.5, 0.6) is 0 Å². The first-order chi connectivity index (χ1) is 8.67. The fraction of sp³-hybridized carbons (Fsp3) is 0.667. The van der Waals surface area contributed by atoms with Gasteiger partial charge in [0.15, 0.2) is 0 Å². The highest BCUT2D eigenvalue weighted by atomic mass is 32.2. The number of nitrogens with zero attached hydrogens (tertiary/aromatic N) is 1. The summed E-state index contributed by atoms with van der Waals surface area (Å²) in [6.07, 6.45) is 3.24. The summed E-state index contributed by atoms with van der Waals surface area (Å²) in [5.41, 5.74) is 1.10. The lowest BCUT2D eigenvalue weighted by atomic mass is 10.2. The van der Waals surface area contributed by atoms with Crippen LogP contribution in [0.3, 0.4) is 0 Å². The molecule has 0 aromatic carbocycles. The molecule has 102 valence electrons. The van der Waals surface area contributed by atoms with E-state index in [-0.39, 0.29) is 5.91 Å². The van der Waals surface area contributed by atoms with Gasteiger partial charge in [0, 0.05) is 18.3 Å². The van der Waals surface area contributed by atoms with Gasteiger partial charge in [0.2, 0.25) is 5.91 Å². The van der Waals surface area contributed by atoms with Crippen LogP contribution in [0.15, 0.2) is 5.38 Å². The number of thioether (sulfide) groups is 1. The van der Waals surface area contributed by atoms with Crippen molar-refractivity contribution in [3.8, 4) is 0 Å². The lowest BCUT2D eigenvalue weighted by Gasteiger charge is -2.09. The molecule has 1 rings (SSSR count). The number of nitrogens with one attached hydrogen (secondary N) is 1. The second-order valence-electron chi connectivity index (χ2n) is 3.92. The van der Waals surface area contributed by atoms with Crippen molar-refractivity contribution in [3.63, 3.8) is 0 Å². The largest absolute Gasteiger partial charge is 0.383 e. The van der Waals surface area contributed by atoms with Crippen LogP contribution in [0, 0.1) is 0 Å². The number of aliphatic hydroxyl groups excluding tert-OH is 1. The number of aliphatic hydroxyl groups is 1. The third kappa shape index (κ3) is 5.37. The van der Waals surface area contributed by atoms with Crippen LogP contribution in [0.2, 0.25) is 0 Å². The summed E-state index contributed by atoms with van der Waals surface area (Å²) in [5.74, 6) is 0.511. The number of carbonyl (C=O) groups excluding carboxylic acids is 1. The molecule has 0 unspecified atom stereocenters. The van der Waals surface area contributed by atoms with Crippen LogP contribution in [0.25, 0.3) is 0 Å². The molecule has 1 heterocycles. The van der Waals surface area contributed by atoms with Crippen molar-refractivity contribution in [3.05, 3.63) is 16.1 Å². The first-order valence-corrected chi connectivity index (χ1v) is 8.32. The first kappa shape index (κ1) is 15.5. The van der Waals surface area contributed by atoms with E-state index in [9.17, 15) is 9.90 Å². The summed E-state index contributed by atoms with van der Waals surface area (Å²) < 4.78 is 0. The maximum absolute atomic E-state index is 11.5. The Hall–Kier alpha value is -0.590. The van der Waals surface area contributed by atoms with Gasteiger partial charge in [-0.25, -0.2) is 4.98 Å². The van der Waals surface area contributed by atoms with Gasteiger partial charge in [-0.3, -0.25) is 4.79 Å². The lowest BCUT2D eigenvalue weighted by Crippen LogP contribution is -2.36. The Labute approximate surface area is 116 Å². The predicted molar refractivity (Wildman–Crippen MR) is 77.2 cm³/mol. The molecule has 1 atom stereocenters. The number of carbonyl (C=O) groups is 1. The summed E-state index contributed by atoms with van der Waals surface area (Å²) in [4.78, 5) is 15.9. The van der Waals surface area contributed by atoms with Crippen molar-refractivity contribution in [2.75, 3.05) is 18.6 Å². The monoisotopic (exact) mass is 288 g/mol. The molecule has 2 N–H and O–H groups in total. The standard InChI is InChI=1S/C12H20N2O2S2/c1-3-9-8-18-11(14-9)4-6-13-12(16)10(15)5-7-17-2/h8,10,15H,3-7H2,1-2H3,(H,13,16)/t10-/m0/s1. The summed E-state index contributed by atoms with van der Waals surface area (Å²) in [6, 6.07) is 0. The van der Waals surface area contributed by atoms with Crippen LogP contribution in [0.1, 0.15) is 24.0 Å². The summed E-state index contributed by atoms with van der Waals surface area (Å²) in [7, 11) is 0. The molecule has 0 radical (unpaired) electrons. The molecule has 0 saturated heterocycles. The molecule has 1 aromatic heterocycles. The van der Waals surface area contributed by atoms with Gasteiger partial charge in [-0.2, -0.15) is 11.8 Å². The number of rotatable bonds is 8. The van der Waals surface area contributed by atoms with Crippen LogP contribution < -0.4 is 5.32 Å². The Bertz CT molecular complexity index is 369. The van der Waals surface area contributed by atoms with Gasteiger partial charge in [0.25, 0.3) is 0 Å². The van der Waals surface area contributed by atoms with E-state index in [4.69, 9.17) is 0 Å². The number of aromatic nitrogens is 1. The van der Waals surface area contributed by atoms with E-state index < -0.39 is 6.10 Å². The number of thiazole rings is 1. The van der Waals surface area contributed by atoms with E-state index in [0.717, 1.165) is 29.3 Å². The second kappa shape index (κ2) is 8.50. The highest BCUT2D eigenvalue weighted by Crippen LogP contribution is 2.10. The van der Waals surface area contributed by atoms with Crippen molar-refractivity contribution < 1.29 is 9.90 Å². The third-order valence-corrected chi connectivity index (χ3v) is 4.10. The van der Waals surface area contributed by atoms with E-state index in [1.54, 1.807) is 23.1 Å². The molecule has 1 aromatic rings. The zero-order valence-electron chi connectivity index (χ0n) is 10.8. The summed E-state index contributed by atoms with van der Waals surface area (Å²) in [6.45, 7) is 2.61. The normalized spacial score (nSPS) is 12.4. The minimum absolute atomic E-state index is 0.281. The molecular formula is C12H20N2O2S2. The quantitative estimate of drug-likeness (QED) is 0.760. The van der Waals surface area contributed by atoms with E-state index in [1.807, 2.05) is 11.6 Å². The zero-order chi connectivity index (χ0) is 13.4. The molecule has 18 heavy (non-hydrogen) atoms. The van der Waals surface area contributed by atoms with Crippen LogP contribution >= 0.6 is 23.1 Å². The minimum atomic E-state index is -0.889. The zero-order valence-corrected chi connectivity index (χ0v) is 12.4. The van der Waals surface area contributed by atoms with Gasteiger partial charge >= 0.3 is 0 Å². The van der Waals surface area contributed by atoms with E-state index >= 15 is 0 Å². The molecule has 0 fully saturated rings. The molecule has 0 aliphatic heterocycles. The summed E-state index contributed by atoms with van der Waals surface area (Å²) in [5, 5.41) is 15.4. The van der Waals surface area contributed by atoms with E-state index in [0.29, 0.717) is 13.0 Å². The third-order valence-electron chi connectivity index (χ3n) is 2.50.